The predicted molar refractivity (Wildman–Crippen MR) is 123 cm³/mol. The standard InChI is InChI=1S/C27H44O2/c1-18(2)8-6-9-19(3)24-13-14-25-21(10-7-15-27(24,25)5)11-12-22-16-23(28)17-26(29)20(22)4/h11-12,18-19,23-26,28-29H,4,6-10,13-17H2,1-3,5H3/b21-11+,22-12+/t19-,23-,24?,25+,26+,27-/m1/s1. The lowest BCUT2D eigenvalue weighted by molar-refractivity contribution is 0.0861. The summed E-state index contributed by atoms with van der Waals surface area (Å²) in [5, 5.41) is 20.2. The van der Waals surface area contributed by atoms with E-state index in [-0.39, 0.29) is 0 Å². The summed E-state index contributed by atoms with van der Waals surface area (Å²) in [6.07, 6.45) is 15.2. The molecule has 0 radical (unpaired) electrons. The van der Waals surface area contributed by atoms with Crippen LogP contribution in [0.2, 0.25) is 0 Å². The van der Waals surface area contributed by atoms with Crippen LogP contribution in [-0.4, -0.2) is 22.4 Å². The van der Waals surface area contributed by atoms with Gasteiger partial charge in [0, 0.05) is 6.42 Å². The Bertz CT molecular complexity index is 643. The number of aliphatic hydroxyl groups is 2. The van der Waals surface area contributed by atoms with Crippen LogP contribution in [0.1, 0.15) is 91.9 Å². The number of allylic oxidation sites excluding steroid dienone is 3. The number of hydrogen-bond acceptors (Lipinski definition) is 2. The summed E-state index contributed by atoms with van der Waals surface area (Å²) in [4.78, 5) is 0. The van der Waals surface area contributed by atoms with Crippen LogP contribution in [0.15, 0.2) is 35.5 Å². The van der Waals surface area contributed by atoms with Crippen LogP contribution < -0.4 is 0 Å². The number of fused-ring (bicyclic) bond motifs is 1. The second-order valence-electron chi connectivity index (χ2n) is 11.0. The van der Waals surface area contributed by atoms with E-state index in [1.807, 2.05) is 0 Å². The first kappa shape index (κ1) is 22.8. The van der Waals surface area contributed by atoms with Crippen LogP contribution >= 0.6 is 0 Å². The summed E-state index contributed by atoms with van der Waals surface area (Å²) in [7, 11) is 0. The molecule has 0 aromatic rings. The van der Waals surface area contributed by atoms with Crippen molar-refractivity contribution < 1.29 is 10.2 Å². The zero-order valence-electron chi connectivity index (χ0n) is 19.3. The van der Waals surface area contributed by atoms with Crippen LogP contribution in [0.3, 0.4) is 0 Å². The fourth-order valence-corrected chi connectivity index (χ4v) is 6.73. The van der Waals surface area contributed by atoms with E-state index < -0.39 is 12.2 Å². The summed E-state index contributed by atoms with van der Waals surface area (Å²) in [5.41, 5.74) is 3.88. The zero-order chi connectivity index (χ0) is 21.2. The first-order valence-electron chi connectivity index (χ1n) is 12.2. The molecule has 0 spiro atoms. The van der Waals surface area contributed by atoms with Crippen molar-refractivity contribution in [3.8, 4) is 0 Å². The molecule has 3 saturated carbocycles. The monoisotopic (exact) mass is 400 g/mol. The molecule has 3 aliphatic carbocycles. The minimum atomic E-state index is -0.595. The van der Waals surface area contributed by atoms with Crippen molar-refractivity contribution in [3.05, 3.63) is 35.5 Å². The maximum atomic E-state index is 10.1. The number of aliphatic hydroxyl groups excluding tert-OH is 2. The van der Waals surface area contributed by atoms with Crippen molar-refractivity contribution in [2.45, 2.75) is 104 Å². The fourth-order valence-electron chi connectivity index (χ4n) is 6.73. The van der Waals surface area contributed by atoms with Crippen LogP contribution in [0.25, 0.3) is 0 Å². The van der Waals surface area contributed by atoms with E-state index in [9.17, 15) is 10.2 Å². The molecule has 1 unspecified atom stereocenters. The van der Waals surface area contributed by atoms with Gasteiger partial charge in [-0.15, -0.1) is 0 Å². The molecule has 0 saturated heterocycles. The molecule has 0 bridgehead atoms. The van der Waals surface area contributed by atoms with Crippen LogP contribution in [-0.2, 0) is 0 Å². The van der Waals surface area contributed by atoms with Gasteiger partial charge in [0.1, 0.15) is 0 Å². The van der Waals surface area contributed by atoms with Gasteiger partial charge in [0.25, 0.3) is 0 Å². The Hall–Kier alpha value is -0.860. The molecule has 0 heterocycles. The van der Waals surface area contributed by atoms with Gasteiger partial charge in [-0.1, -0.05) is 71.3 Å². The fraction of sp³-hybridized carbons (Fsp3) is 0.778. The van der Waals surface area contributed by atoms with E-state index in [0.29, 0.717) is 24.2 Å². The minimum Gasteiger partial charge on any atom is -0.393 e. The molecule has 3 fully saturated rings. The first-order valence-corrected chi connectivity index (χ1v) is 12.2. The van der Waals surface area contributed by atoms with Crippen molar-refractivity contribution >= 4 is 0 Å². The van der Waals surface area contributed by atoms with Crippen LogP contribution in [0, 0.1) is 29.1 Å². The Balaban J connectivity index is 1.71. The molecule has 29 heavy (non-hydrogen) atoms. The van der Waals surface area contributed by atoms with E-state index in [1.165, 1.54) is 51.4 Å². The van der Waals surface area contributed by atoms with Gasteiger partial charge in [-0.3, -0.25) is 0 Å². The maximum absolute atomic E-state index is 10.1. The van der Waals surface area contributed by atoms with Crippen molar-refractivity contribution in [1.29, 1.82) is 0 Å². The predicted octanol–water partition coefficient (Wildman–Crippen LogP) is 6.59. The molecule has 2 N–H and O–H groups in total. The third-order valence-electron chi connectivity index (χ3n) is 8.43. The topological polar surface area (TPSA) is 40.5 Å². The lowest BCUT2D eigenvalue weighted by Gasteiger charge is -2.44. The second-order valence-corrected chi connectivity index (χ2v) is 11.0. The van der Waals surface area contributed by atoms with E-state index in [2.05, 4.69) is 46.4 Å². The highest BCUT2D eigenvalue weighted by molar-refractivity contribution is 5.38. The highest BCUT2D eigenvalue weighted by Crippen LogP contribution is 2.59. The average molecular weight is 401 g/mol. The van der Waals surface area contributed by atoms with E-state index in [0.717, 1.165) is 28.9 Å². The van der Waals surface area contributed by atoms with E-state index in [1.54, 1.807) is 5.57 Å². The molecule has 164 valence electrons. The van der Waals surface area contributed by atoms with Crippen molar-refractivity contribution in [3.63, 3.8) is 0 Å². The SMILES string of the molecule is C=C1/C(=C/C=C2\CCC[C@]3(C)C([C@H](C)CCCC(C)C)CC[C@@H]23)C[C@@H](O)C[C@@H]1O. The van der Waals surface area contributed by atoms with Gasteiger partial charge in [-0.05, 0) is 78.8 Å². The van der Waals surface area contributed by atoms with Crippen LogP contribution in [0.4, 0.5) is 0 Å². The third kappa shape index (κ3) is 5.07. The molecule has 0 aliphatic heterocycles. The molecule has 2 nitrogen and oxygen atoms in total. The normalized spacial score (nSPS) is 39.3. The average Bonchev–Trinajstić information content (AvgIpc) is 3.00. The van der Waals surface area contributed by atoms with Gasteiger partial charge in [0.15, 0.2) is 0 Å². The lowest BCUT2D eigenvalue weighted by atomic mass is 9.60. The Labute approximate surface area is 179 Å². The largest absolute Gasteiger partial charge is 0.393 e. The van der Waals surface area contributed by atoms with Gasteiger partial charge >= 0.3 is 0 Å². The third-order valence-corrected chi connectivity index (χ3v) is 8.43. The summed E-state index contributed by atoms with van der Waals surface area (Å²) < 4.78 is 0. The van der Waals surface area contributed by atoms with E-state index in [4.69, 9.17) is 0 Å². The lowest BCUT2D eigenvalue weighted by Crippen LogP contribution is -2.36. The Morgan fingerprint density at radius 1 is 1.14 bits per heavy atom. The summed E-state index contributed by atoms with van der Waals surface area (Å²) >= 11 is 0. The van der Waals surface area contributed by atoms with Gasteiger partial charge in [-0.25, -0.2) is 0 Å². The van der Waals surface area contributed by atoms with Crippen molar-refractivity contribution in [1.82, 2.24) is 0 Å². The number of hydrogen-bond donors (Lipinski definition) is 2. The Kier molecular flexibility index (Phi) is 7.49. The molecular formula is C27H44O2. The molecular weight excluding hydrogens is 356 g/mol. The highest BCUT2D eigenvalue weighted by atomic mass is 16.3. The summed E-state index contributed by atoms with van der Waals surface area (Å²) in [5.74, 6) is 3.20. The Morgan fingerprint density at radius 3 is 2.62 bits per heavy atom. The van der Waals surface area contributed by atoms with Gasteiger partial charge in [0.05, 0.1) is 12.2 Å². The van der Waals surface area contributed by atoms with Gasteiger partial charge in [0.2, 0.25) is 0 Å². The second kappa shape index (κ2) is 9.52. The van der Waals surface area contributed by atoms with Gasteiger partial charge < -0.3 is 10.2 Å². The summed E-state index contributed by atoms with van der Waals surface area (Å²) in [6, 6.07) is 0. The Morgan fingerprint density at radius 2 is 1.90 bits per heavy atom. The molecule has 6 atom stereocenters. The molecule has 3 aliphatic rings. The molecule has 0 aromatic carbocycles. The molecule has 0 amide bonds. The zero-order valence-corrected chi connectivity index (χ0v) is 19.3. The minimum absolute atomic E-state index is 0.420. The van der Waals surface area contributed by atoms with E-state index >= 15 is 0 Å². The molecule has 0 aromatic heterocycles. The molecule has 2 heteroatoms. The number of rotatable bonds is 6. The molecule has 3 rings (SSSR count). The quantitative estimate of drug-likeness (QED) is 0.528. The van der Waals surface area contributed by atoms with Crippen LogP contribution in [0.5, 0.6) is 0 Å². The van der Waals surface area contributed by atoms with Gasteiger partial charge in [-0.2, -0.15) is 0 Å². The van der Waals surface area contributed by atoms with Crippen molar-refractivity contribution in [2.75, 3.05) is 0 Å². The highest BCUT2D eigenvalue weighted by Gasteiger charge is 2.50. The van der Waals surface area contributed by atoms with Crippen molar-refractivity contribution in [2.24, 2.45) is 29.1 Å². The maximum Gasteiger partial charge on any atom is 0.0811 e. The summed E-state index contributed by atoms with van der Waals surface area (Å²) in [6.45, 7) is 13.8. The smallest absolute Gasteiger partial charge is 0.0811 e. The first-order chi connectivity index (χ1) is 13.7.